The molecule has 0 spiro atoms. The molecule has 13 aromatic rings. The van der Waals surface area contributed by atoms with Gasteiger partial charge < -0.3 is 24.5 Å². The molecule has 0 aliphatic heterocycles. The molecule has 7 heteroatoms. The van der Waals surface area contributed by atoms with Crippen LogP contribution >= 0.6 is 0 Å². The first kappa shape index (κ1) is 47.9. The van der Waals surface area contributed by atoms with E-state index in [-0.39, 0.29) is 0 Å². The molecule has 0 amide bonds. The van der Waals surface area contributed by atoms with E-state index in [1.807, 2.05) is 24.5 Å². The van der Waals surface area contributed by atoms with Crippen molar-refractivity contribution in [3.8, 4) is 0 Å². The predicted octanol–water partition coefficient (Wildman–Crippen LogP) is 20.1. The fraction of sp³-hybridized carbons (Fsp3) is 0. The normalized spacial score (nSPS) is 11.0. The van der Waals surface area contributed by atoms with Crippen LogP contribution in [-0.2, 0) is 0 Å². The third kappa shape index (κ3) is 9.76. The second-order valence-electron chi connectivity index (χ2n) is 19.1. The topological polar surface area (TPSA) is 42.0 Å². The maximum absolute atomic E-state index is 4.68. The molecular weight excluding hydrogens is 963 g/mol. The summed E-state index contributed by atoms with van der Waals surface area (Å²) < 4.78 is 0. The van der Waals surface area contributed by atoms with Crippen LogP contribution < -0.4 is 24.5 Å². The second kappa shape index (κ2) is 21.8. The molecule has 2 heterocycles. The lowest BCUT2D eigenvalue weighted by Gasteiger charge is -2.30. The fourth-order valence-corrected chi connectivity index (χ4v) is 10.6. The van der Waals surface area contributed by atoms with Gasteiger partial charge in [0.1, 0.15) is 0 Å². The van der Waals surface area contributed by atoms with Crippen LogP contribution in [0.3, 0.4) is 0 Å². The Hall–Kier alpha value is -10.8. The first-order valence-corrected chi connectivity index (χ1v) is 26.6. The van der Waals surface area contributed by atoms with Crippen LogP contribution in [0, 0.1) is 0 Å². The fourth-order valence-electron chi connectivity index (χ4n) is 10.6. The smallest absolute Gasteiger partial charge is 0.0723 e. The van der Waals surface area contributed by atoms with Gasteiger partial charge in [-0.25, -0.2) is 0 Å². The van der Waals surface area contributed by atoms with Crippen LogP contribution in [0.4, 0.5) is 85.3 Å². The molecule has 0 saturated heterocycles. The third-order valence-electron chi connectivity index (χ3n) is 14.3. The maximum atomic E-state index is 4.68. The van der Waals surface area contributed by atoms with Crippen LogP contribution in [0.1, 0.15) is 0 Å². The van der Waals surface area contributed by atoms with Crippen molar-refractivity contribution in [1.82, 2.24) is 9.97 Å². The first-order chi connectivity index (χ1) is 39.2. The molecule has 13 rings (SSSR count). The van der Waals surface area contributed by atoms with Gasteiger partial charge in [-0.2, -0.15) is 0 Å². The first-order valence-electron chi connectivity index (χ1n) is 26.6. The lowest BCUT2D eigenvalue weighted by atomic mass is 10.1. The maximum Gasteiger partial charge on any atom is 0.0723 e. The summed E-state index contributed by atoms with van der Waals surface area (Å²) in [6.07, 6.45) is 3.70. The lowest BCUT2D eigenvalue weighted by Crippen LogP contribution is -2.14. The van der Waals surface area contributed by atoms with Crippen molar-refractivity contribution in [3.05, 3.63) is 322 Å². The number of benzene rings is 11. The van der Waals surface area contributed by atoms with E-state index >= 15 is 0 Å². The molecule has 7 nitrogen and oxygen atoms in total. The summed E-state index contributed by atoms with van der Waals surface area (Å²) in [5, 5.41) is 2.17. The van der Waals surface area contributed by atoms with Crippen LogP contribution in [0.5, 0.6) is 0 Å². The van der Waals surface area contributed by atoms with E-state index in [1.54, 1.807) is 0 Å². The SMILES string of the molecule is c1ccc(N(c2ccc(N(c3ccccc3)c3ccc(N(c4ccccc4)c4cccc5ncccc45)cc3)cc2)c2ccc(N(c3ccccc3)c3ccc(N(c4ccccc4)c4cccc5ncccc45)cc3)cc2)cc1. The minimum absolute atomic E-state index is 0.953. The Balaban J connectivity index is 0.829. The zero-order valence-corrected chi connectivity index (χ0v) is 43.2. The summed E-state index contributed by atoms with van der Waals surface area (Å²) in [7, 11) is 0. The van der Waals surface area contributed by atoms with Gasteiger partial charge in [0.2, 0.25) is 0 Å². The highest BCUT2D eigenvalue weighted by molar-refractivity contribution is 5.99. The van der Waals surface area contributed by atoms with Gasteiger partial charge in [0.05, 0.1) is 22.4 Å². The van der Waals surface area contributed by atoms with E-state index in [9.17, 15) is 0 Å². The van der Waals surface area contributed by atoms with E-state index in [1.165, 1.54) is 0 Å². The van der Waals surface area contributed by atoms with Crippen LogP contribution in [0.25, 0.3) is 21.8 Å². The molecule has 11 aromatic carbocycles. The minimum Gasteiger partial charge on any atom is -0.311 e. The van der Waals surface area contributed by atoms with E-state index in [4.69, 9.17) is 0 Å². The number of hydrogen-bond donors (Lipinski definition) is 0. The quantitative estimate of drug-likeness (QED) is 0.101. The summed E-state index contributed by atoms with van der Waals surface area (Å²) in [6, 6.07) is 109. The van der Waals surface area contributed by atoms with Gasteiger partial charge in [0.25, 0.3) is 0 Å². The van der Waals surface area contributed by atoms with Crippen LogP contribution in [-0.4, -0.2) is 9.97 Å². The zero-order chi connectivity index (χ0) is 52.7. The Bertz CT molecular complexity index is 3850. The van der Waals surface area contributed by atoms with Gasteiger partial charge in [-0.3, -0.25) is 9.97 Å². The van der Waals surface area contributed by atoms with Gasteiger partial charge in [-0.1, -0.05) is 103 Å². The largest absolute Gasteiger partial charge is 0.311 e. The van der Waals surface area contributed by atoms with Gasteiger partial charge in [-0.15, -0.1) is 0 Å². The Morgan fingerprint density at radius 1 is 0.165 bits per heavy atom. The van der Waals surface area contributed by atoms with Gasteiger partial charge in [0.15, 0.2) is 0 Å². The Morgan fingerprint density at radius 2 is 0.380 bits per heavy atom. The monoisotopic (exact) mass is 1020 g/mol. The Morgan fingerprint density at radius 3 is 0.633 bits per heavy atom. The summed E-state index contributed by atoms with van der Waals surface area (Å²) in [4.78, 5) is 20.9. The Kier molecular flexibility index (Phi) is 13.2. The number of pyridine rings is 2. The van der Waals surface area contributed by atoms with Crippen LogP contribution in [0.15, 0.2) is 322 Å². The number of fused-ring (bicyclic) bond motifs is 2. The van der Waals surface area contributed by atoms with Gasteiger partial charge >= 0.3 is 0 Å². The molecule has 0 bridgehead atoms. The van der Waals surface area contributed by atoms with Crippen molar-refractivity contribution in [1.29, 1.82) is 0 Å². The highest BCUT2D eigenvalue weighted by Gasteiger charge is 2.22. The number of aromatic nitrogens is 2. The standard InChI is InChI=1S/C72H53N7/c1-6-20-54(21-7-1)75(59-36-40-61(41-37-59)76(55-22-8-2-9-23-55)63-44-48-65(49-45-63)78(57-26-12-4-13-27-57)71-34-16-32-69-67(71)30-18-52-73-69)60-38-42-62(43-39-60)77(56-24-10-3-11-25-56)64-46-50-66(51-47-64)79(58-28-14-5-15-29-58)72-35-17-33-70-68(72)31-19-53-74-70/h1-53H. The van der Waals surface area contributed by atoms with E-state index < -0.39 is 0 Å². The molecule has 79 heavy (non-hydrogen) atoms. The van der Waals surface area contributed by atoms with Crippen molar-refractivity contribution in [2.45, 2.75) is 0 Å². The van der Waals surface area contributed by atoms with Crippen LogP contribution in [0.2, 0.25) is 0 Å². The van der Waals surface area contributed by atoms with Crippen molar-refractivity contribution in [2.75, 3.05) is 24.5 Å². The van der Waals surface area contributed by atoms with E-state index in [0.717, 1.165) is 107 Å². The molecule has 376 valence electrons. The number of hydrogen-bond acceptors (Lipinski definition) is 7. The molecule has 2 aromatic heterocycles. The summed E-state index contributed by atoms with van der Waals surface area (Å²) in [5.74, 6) is 0. The molecular formula is C72H53N7. The molecule has 0 fully saturated rings. The summed E-state index contributed by atoms with van der Waals surface area (Å²) in [5.41, 5.74) is 17.7. The third-order valence-corrected chi connectivity index (χ3v) is 14.3. The summed E-state index contributed by atoms with van der Waals surface area (Å²) >= 11 is 0. The number of para-hydroxylation sites is 5. The highest BCUT2D eigenvalue weighted by atomic mass is 15.2. The van der Waals surface area contributed by atoms with Crippen molar-refractivity contribution in [2.24, 2.45) is 0 Å². The average molecular weight is 1020 g/mol. The molecule has 0 N–H and O–H groups in total. The highest BCUT2D eigenvalue weighted by Crippen LogP contribution is 2.45. The van der Waals surface area contributed by atoms with E-state index in [2.05, 4.69) is 332 Å². The predicted molar refractivity (Wildman–Crippen MR) is 330 cm³/mol. The number of nitrogens with zero attached hydrogens (tertiary/aromatic N) is 7. The minimum atomic E-state index is 0.953. The Labute approximate surface area is 461 Å². The molecule has 0 aliphatic carbocycles. The summed E-state index contributed by atoms with van der Waals surface area (Å²) in [6.45, 7) is 0. The lowest BCUT2D eigenvalue weighted by molar-refractivity contribution is 1.24. The van der Waals surface area contributed by atoms with Crippen molar-refractivity contribution >= 4 is 107 Å². The van der Waals surface area contributed by atoms with E-state index in [0.29, 0.717) is 0 Å². The van der Waals surface area contributed by atoms with Gasteiger partial charge in [-0.05, 0) is 206 Å². The zero-order valence-electron chi connectivity index (χ0n) is 43.2. The number of rotatable bonds is 15. The molecule has 0 atom stereocenters. The molecule has 0 unspecified atom stereocenters. The average Bonchev–Trinajstić information content (AvgIpc) is 3.57. The second-order valence-corrected chi connectivity index (χ2v) is 19.1. The van der Waals surface area contributed by atoms with Crippen molar-refractivity contribution in [3.63, 3.8) is 0 Å². The van der Waals surface area contributed by atoms with Crippen molar-refractivity contribution < 1.29 is 0 Å². The molecule has 0 saturated carbocycles. The molecule has 0 radical (unpaired) electrons. The molecule has 0 aliphatic rings. The number of anilines is 15. The van der Waals surface area contributed by atoms with Gasteiger partial charge in [0, 0.05) is 97.1 Å².